The Morgan fingerprint density at radius 1 is 1.02 bits per heavy atom. The van der Waals surface area contributed by atoms with Crippen LogP contribution in [-0.4, -0.2) is 71.7 Å². The third-order valence-electron chi connectivity index (χ3n) is 8.65. The van der Waals surface area contributed by atoms with Crippen molar-refractivity contribution in [2.75, 3.05) is 25.0 Å². The van der Waals surface area contributed by atoms with E-state index in [-0.39, 0.29) is 29.9 Å². The number of carbonyl (C=O) groups is 1. The molecular formula is C35H39F3N8O4. The Hall–Kier alpha value is -4.92. The second kappa shape index (κ2) is 13.4. The van der Waals surface area contributed by atoms with E-state index in [1.54, 1.807) is 53.2 Å². The molecule has 1 amide bonds. The average Bonchev–Trinajstić information content (AvgIpc) is 3.64. The first kappa shape index (κ1) is 33.6. The maximum absolute atomic E-state index is 14.6. The predicted molar refractivity (Wildman–Crippen MR) is 179 cm³/mol. The van der Waals surface area contributed by atoms with Crippen LogP contribution in [0, 0.1) is 0 Å². The van der Waals surface area contributed by atoms with Crippen molar-refractivity contribution in [1.29, 1.82) is 0 Å². The van der Waals surface area contributed by atoms with Gasteiger partial charge >= 0.3 is 12.3 Å². The third kappa shape index (κ3) is 7.18. The number of carbonyl (C=O) groups excluding carboxylic acids is 1. The number of aromatic nitrogens is 6. The van der Waals surface area contributed by atoms with Gasteiger partial charge < -0.3 is 24.4 Å². The van der Waals surface area contributed by atoms with E-state index in [4.69, 9.17) is 24.4 Å². The number of rotatable bonds is 7. The van der Waals surface area contributed by atoms with E-state index in [1.807, 2.05) is 30.3 Å². The van der Waals surface area contributed by atoms with Crippen LogP contribution in [0.15, 0.2) is 54.9 Å². The summed E-state index contributed by atoms with van der Waals surface area (Å²) in [4.78, 5) is 22.9. The number of pyridine rings is 1. The lowest BCUT2D eigenvalue weighted by Gasteiger charge is -2.34. The minimum absolute atomic E-state index is 0.00581. The normalized spacial score (nSPS) is 18.8. The molecule has 0 saturated carbocycles. The Labute approximate surface area is 286 Å². The van der Waals surface area contributed by atoms with Crippen LogP contribution >= 0.6 is 0 Å². The maximum Gasteiger partial charge on any atom is 0.420 e. The van der Waals surface area contributed by atoms with Crippen molar-refractivity contribution in [3.63, 3.8) is 0 Å². The van der Waals surface area contributed by atoms with Gasteiger partial charge in [0.25, 0.3) is 0 Å². The number of nitrogens with one attached hydrogen (secondary N) is 1. The number of ether oxygens (including phenoxy) is 3. The van der Waals surface area contributed by atoms with E-state index in [0.717, 1.165) is 24.6 Å². The van der Waals surface area contributed by atoms with Crippen LogP contribution in [0.5, 0.6) is 5.75 Å². The SMILES string of the molecule is CC(C)(C)OC(=O)N1CCC[C@H](Nc2ncc(C(F)(F)F)c(-c3nn(C4CCCCO4)c4nn5cc(OCc6ccccc6)ccc5c34)n2)C1. The van der Waals surface area contributed by atoms with Gasteiger partial charge in [0.1, 0.15) is 34.9 Å². The van der Waals surface area contributed by atoms with Gasteiger partial charge in [0, 0.05) is 31.9 Å². The average molecular weight is 693 g/mol. The van der Waals surface area contributed by atoms with E-state index in [1.165, 1.54) is 0 Å². The summed E-state index contributed by atoms with van der Waals surface area (Å²) in [5, 5.41) is 13.1. The zero-order chi connectivity index (χ0) is 35.0. The number of alkyl halides is 3. The molecule has 4 aromatic heterocycles. The summed E-state index contributed by atoms with van der Waals surface area (Å²) in [6.45, 7) is 7.03. The van der Waals surface area contributed by atoms with E-state index in [9.17, 15) is 18.0 Å². The highest BCUT2D eigenvalue weighted by Gasteiger charge is 2.38. The summed E-state index contributed by atoms with van der Waals surface area (Å²) in [6, 6.07) is 12.9. The van der Waals surface area contributed by atoms with Crippen LogP contribution in [0.1, 0.15) is 70.2 Å². The van der Waals surface area contributed by atoms with Crippen molar-refractivity contribution in [3.05, 3.63) is 66.0 Å². The Bertz CT molecular complexity index is 1980. The fraction of sp³-hybridized carbons (Fsp3) is 0.457. The molecule has 264 valence electrons. The topological polar surface area (TPSA) is 121 Å². The van der Waals surface area contributed by atoms with Gasteiger partial charge in [0.15, 0.2) is 11.9 Å². The first-order valence-electron chi connectivity index (χ1n) is 16.8. The van der Waals surface area contributed by atoms with Crippen molar-refractivity contribution in [2.24, 2.45) is 0 Å². The largest absolute Gasteiger partial charge is 0.487 e. The summed E-state index contributed by atoms with van der Waals surface area (Å²) < 4.78 is 64.6. The summed E-state index contributed by atoms with van der Waals surface area (Å²) in [5.41, 5.74) is -0.161. The molecule has 50 heavy (non-hydrogen) atoms. The number of halogens is 3. The highest BCUT2D eigenvalue weighted by Crippen LogP contribution is 2.41. The number of fused-ring (bicyclic) bond motifs is 3. The van der Waals surface area contributed by atoms with Gasteiger partial charge in [-0.1, -0.05) is 30.3 Å². The number of hydrogen-bond acceptors (Lipinski definition) is 9. The standard InChI is InChI=1S/C35H39F3N8O4/c1-34(2,3)50-33(47)44-16-9-12-23(19-44)40-32-39-18-25(35(36,37)38)29(41-32)30-28-26-15-14-24(49-21-22-10-5-4-6-11-22)20-45(26)43-31(28)46(42-30)27-13-7-8-17-48-27/h4-6,10-11,14-15,18,20,23,27H,7-9,12-13,16-17,19,21H2,1-3H3,(H,39,40,41)/t23-,27?/m0/s1. The predicted octanol–water partition coefficient (Wildman–Crippen LogP) is 7.25. The lowest BCUT2D eigenvalue weighted by atomic mass is 10.1. The summed E-state index contributed by atoms with van der Waals surface area (Å²) in [6.07, 6.45) is 0.490. The Morgan fingerprint density at radius 3 is 2.58 bits per heavy atom. The molecule has 0 radical (unpaired) electrons. The molecule has 12 nitrogen and oxygen atoms in total. The van der Waals surface area contributed by atoms with Crippen LogP contribution < -0.4 is 10.1 Å². The lowest BCUT2D eigenvalue weighted by molar-refractivity contribution is -0.137. The first-order chi connectivity index (χ1) is 23.9. The second-order valence-corrected chi connectivity index (χ2v) is 13.6. The number of nitrogens with zero attached hydrogens (tertiary/aromatic N) is 7. The Morgan fingerprint density at radius 2 is 1.84 bits per heavy atom. The lowest BCUT2D eigenvalue weighted by Crippen LogP contribution is -2.47. The zero-order valence-electron chi connectivity index (χ0n) is 28.1. The molecule has 0 aliphatic carbocycles. The molecule has 0 bridgehead atoms. The van der Waals surface area contributed by atoms with Crippen LogP contribution in [0.3, 0.4) is 0 Å². The molecular weight excluding hydrogens is 653 g/mol. The molecule has 0 spiro atoms. The van der Waals surface area contributed by atoms with Crippen LogP contribution in [0.25, 0.3) is 27.9 Å². The molecule has 15 heteroatoms. The van der Waals surface area contributed by atoms with Gasteiger partial charge in [-0.3, -0.25) is 0 Å². The highest BCUT2D eigenvalue weighted by molar-refractivity contribution is 6.03. The van der Waals surface area contributed by atoms with Crippen molar-refractivity contribution in [1.82, 2.24) is 34.3 Å². The monoisotopic (exact) mass is 692 g/mol. The minimum Gasteiger partial charge on any atom is -0.487 e. The molecule has 1 aromatic carbocycles. The zero-order valence-corrected chi connectivity index (χ0v) is 28.1. The molecule has 2 saturated heterocycles. The number of anilines is 1. The van der Waals surface area contributed by atoms with Gasteiger partial charge in [-0.15, -0.1) is 5.10 Å². The maximum atomic E-state index is 14.6. The fourth-order valence-corrected chi connectivity index (χ4v) is 6.33. The Kier molecular flexibility index (Phi) is 9.01. The van der Waals surface area contributed by atoms with Gasteiger partial charge in [-0.2, -0.15) is 18.3 Å². The van der Waals surface area contributed by atoms with Crippen molar-refractivity contribution >= 4 is 28.6 Å². The van der Waals surface area contributed by atoms with Gasteiger partial charge in [0.05, 0.1) is 17.1 Å². The van der Waals surface area contributed by atoms with Crippen LogP contribution in [0.4, 0.5) is 23.9 Å². The van der Waals surface area contributed by atoms with Crippen molar-refractivity contribution in [3.8, 4) is 17.1 Å². The second-order valence-electron chi connectivity index (χ2n) is 13.6. The van der Waals surface area contributed by atoms with Gasteiger partial charge in [-0.25, -0.2) is 24.0 Å². The molecule has 2 atom stereocenters. The van der Waals surface area contributed by atoms with E-state index in [2.05, 4.69) is 15.3 Å². The van der Waals surface area contributed by atoms with Gasteiger partial charge in [-0.05, 0) is 70.6 Å². The number of amides is 1. The summed E-state index contributed by atoms with van der Waals surface area (Å²) in [7, 11) is 0. The molecule has 2 aliphatic heterocycles. The summed E-state index contributed by atoms with van der Waals surface area (Å²) >= 11 is 0. The number of piperidine rings is 1. The molecule has 1 unspecified atom stereocenters. The number of hydrogen-bond donors (Lipinski definition) is 1. The third-order valence-corrected chi connectivity index (χ3v) is 8.65. The molecule has 7 rings (SSSR count). The molecule has 1 N–H and O–H groups in total. The summed E-state index contributed by atoms with van der Waals surface area (Å²) in [5.74, 6) is 0.535. The van der Waals surface area contributed by atoms with E-state index < -0.39 is 29.7 Å². The molecule has 2 aliphatic rings. The first-order valence-corrected chi connectivity index (χ1v) is 16.8. The van der Waals surface area contributed by atoms with Crippen LogP contribution in [-0.2, 0) is 22.3 Å². The Balaban J connectivity index is 1.27. The molecule has 5 aromatic rings. The van der Waals surface area contributed by atoms with Crippen molar-refractivity contribution in [2.45, 2.75) is 83.5 Å². The quantitative estimate of drug-likeness (QED) is 0.188. The van der Waals surface area contributed by atoms with E-state index >= 15 is 0 Å². The van der Waals surface area contributed by atoms with Crippen molar-refractivity contribution < 1.29 is 32.2 Å². The number of benzene rings is 1. The van der Waals surface area contributed by atoms with Gasteiger partial charge in [0.2, 0.25) is 5.95 Å². The minimum atomic E-state index is -4.77. The van der Waals surface area contributed by atoms with Crippen LogP contribution in [0.2, 0.25) is 0 Å². The molecule has 2 fully saturated rings. The highest BCUT2D eigenvalue weighted by atomic mass is 19.4. The number of likely N-dealkylation sites (tertiary alicyclic amines) is 1. The fourth-order valence-electron chi connectivity index (χ4n) is 6.33. The van der Waals surface area contributed by atoms with E-state index in [0.29, 0.717) is 61.3 Å². The smallest absolute Gasteiger partial charge is 0.420 e. The molecule has 6 heterocycles.